The van der Waals surface area contributed by atoms with E-state index in [0.29, 0.717) is 34.7 Å². The van der Waals surface area contributed by atoms with Crippen molar-refractivity contribution in [3.63, 3.8) is 0 Å². The fourth-order valence-corrected chi connectivity index (χ4v) is 3.30. The van der Waals surface area contributed by atoms with Crippen molar-refractivity contribution < 1.29 is 14.3 Å². The molecule has 0 aliphatic heterocycles. The van der Waals surface area contributed by atoms with Gasteiger partial charge in [0.1, 0.15) is 17.2 Å². The molecule has 1 heterocycles. The Hall–Kier alpha value is -3.64. The van der Waals surface area contributed by atoms with Crippen LogP contribution in [0.1, 0.15) is 12.5 Å². The maximum atomic E-state index is 11.0. The van der Waals surface area contributed by atoms with E-state index in [1.807, 2.05) is 24.3 Å². The van der Waals surface area contributed by atoms with Crippen LogP contribution in [-0.2, 0) is 11.2 Å². The summed E-state index contributed by atoms with van der Waals surface area (Å²) >= 11 is 6.38. The number of amides is 1. The van der Waals surface area contributed by atoms with Crippen molar-refractivity contribution in [2.45, 2.75) is 13.3 Å². The van der Waals surface area contributed by atoms with Gasteiger partial charge in [0.15, 0.2) is 0 Å². The van der Waals surface area contributed by atoms with Gasteiger partial charge in [0, 0.05) is 31.9 Å². The van der Waals surface area contributed by atoms with Gasteiger partial charge in [-0.25, -0.2) is 4.98 Å². The number of hydrogen-bond acceptors (Lipinski definition) is 5. The van der Waals surface area contributed by atoms with Crippen molar-refractivity contribution in [3.8, 4) is 23.1 Å². The second kappa shape index (κ2) is 9.45. The summed E-state index contributed by atoms with van der Waals surface area (Å²) < 4.78 is 11.6. The molecule has 1 aromatic heterocycles. The molecule has 0 bridgehead atoms. The van der Waals surface area contributed by atoms with Gasteiger partial charge in [0.2, 0.25) is 11.8 Å². The minimum absolute atomic E-state index is 0.0189. The molecule has 0 saturated carbocycles. The quantitative estimate of drug-likeness (QED) is 0.414. The second-order valence-corrected chi connectivity index (χ2v) is 7.32. The lowest BCUT2D eigenvalue weighted by Gasteiger charge is -2.11. The van der Waals surface area contributed by atoms with Crippen LogP contribution in [0.5, 0.6) is 23.1 Å². The van der Waals surface area contributed by atoms with Gasteiger partial charge in [-0.15, -0.1) is 0 Å². The molecule has 0 unspecified atom stereocenters. The van der Waals surface area contributed by atoms with Crippen LogP contribution in [-0.4, -0.2) is 22.4 Å². The SMILES string of the molecule is CC(=O)NCCc1ccc2cc(Oc3ccc(Oc4cnccn4)cc3Cl)ccc2c1. The Bertz CT molecular complexity index is 1220. The van der Waals surface area contributed by atoms with E-state index in [-0.39, 0.29) is 5.91 Å². The van der Waals surface area contributed by atoms with Crippen LogP contribution in [0.4, 0.5) is 0 Å². The number of fused-ring (bicyclic) bond motifs is 1. The minimum Gasteiger partial charge on any atom is -0.456 e. The molecule has 6 nitrogen and oxygen atoms in total. The van der Waals surface area contributed by atoms with Gasteiger partial charge >= 0.3 is 0 Å². The first-order valence-corrected chi connectivity index (χ1v) is 10.1. The molecule has 7 heteroatoms. The molecule has 0 aliphatic carbocycles. The average molecular weight is 434 g/mol. The molecule has 0 saturated heterocycles. The van der Waals surface area contributed by atoms with E-state index in [9.17, 15) is 4.79 Å². The fourth-order valence-electron chi connectivity index (χ4n) is 3.09. The molecule has 0 spiro atoms. The molecule has 4 aromatic rings. The molecule has 1 N–H and O–H groups in total. The van der Waals surface area contributed by atoms with Gasteiger partial charge in [-0.05, 0) is 47.0 Å². The highest BCUT2D eigenvalue weighted by atomic mass is 35.5. The number of nitrogens with one attached hydrogen (secondary N) is 1. The highest BCUT2D eigenvalue weighted by Crippen LogP contribution is 2.34. The number of carbonyl (C=O) groups excluding carboxylic acids is 1. The topological polar surface area (TPSA) is 73.3 Å². The van der Waals surface area contributed by atoms with Crippen molar-refractivity contribution in [1.29, 1.82) is 0 Å². The summed E-state index contributed by atoms with van der Waals surface area (Å²) in [7, 11) is 0. The van der Waals surface area contributed by atoms with Gasteiger partial charge in [0.05, 0.1) is 11.2 Å². The number of ether oxygens (including phenoxy) is 2. The predicted octanol–water partition coefficient (Wildman–Crippen LogP) is 5.55. The lowest BCUT2D eigenvalue weighted by atomic mass is 10.0. The standard InChI is InChI=1S/C24H20ClN3O3/c1-16(29)27-9-8-17-2-3-19-13-20(5-4-18(19)12-17)30-23-7-6-21(14-22(23)25)31-24-15-26-10-11-28-24/h2-7,10-15H,8-9H2,1H3,(H,27,29). The zero-order valence-corrected chi connectivity index (χ0v) is 17.6. The highest BCUT2D eigenvalue weighted by molar-refractivity contribution is 6.32. The van der Waals surface area contributed by atoms with E-state index in [0.717, 1.165) is 22.8 Å². The van der Waals surface area contributed by atoms with Crippen molar-refractivity contribution in [3.05, 3.63) is 83.8 Å². The van der Waals surface area contributed by atoms with Crippen LogP contribution >= 0.6 is 11.6 Å². The molecule has 1 amide bonds. The zero-order valence-electron chi connectivity index (χ0n) is 16.8. The monoisotopic (exact) mass is 433 g/mol. The van der Waals surface area contributed by atoms with Gasteiger partial charge in [-0.2, -0.15) is 0 Å². The van der Waals surface area contributed by atoms with E-state index in [2.05, 4.69) is 27.4 Å². The van der Waals surface area contributed by atoms with Crippen molar-refractivity contribution in [1.82, 2.24) is 15.3 Å². The first-order valence-electron chi connectivity index (χ1n) is 9.75. The largest absolute Gasteiger partial charge is 0.456 e. The van der Waals surface area contributed by atoms with E-state index in [1.165, 1.54) is 13.1 Å². The van der Waals surface area contributed by atoms with Crippen molar-refractivity contribution >= 4 is 28.3 Å². The predicted molar refractivity (Wildman–Crippen MR) is 120 cm³/mol. The molecule has 4 rings (SSSR count). The minimum atomic E-state index is -0.0189. The van der Waals surface area contributed by atoms with Gasteiger partial charge in [-0.1, -0.05) is 35.9 Å². The first kappa shape index (κ1) is 20.6. The Kier molecular flexibility index (Phi) is 6.29. The summed E-state index contributed by atoms with van der Waals surface area (Å²) in [6.45, 7) is 2.14. The Morgan fingerprint density at radius 3 is 2.52 bits per heavy atom. The lowest BCUT2D eigenvalue weighted by Crippen LogP contribution is -2.22. The molecule has 0 radical (unpaired) electrons. The van der Waals surface area contributed by atoms with E-state index in [4.69, 9.17) is 21.1 Å². The van der Waals surface area contributed by atoms with Crippen LogP contribution in [0.3, 0.4) is 0 Å². The van der Waals surface area contributed by atoms with Crippen LogP contribution in [0, 0.1) is 0 Å². The summed E-state index contributed by atoms with van der Waals surface area (Å²) in [4.78, 5) is 19.1. The van der Waals surface area contributed by atoms with Crippen LogP contribution in [0.25, 0.3) is 10.8 Å². The number of benzene rings is 3. The van der Waals surface area contributed by atoms with Crippen molar-refractivity contribution in [2.75, 3.05) is 6.54 Å². The van der Waals surface area contributed by atoms with E-state index in [1.54, 1.807) is 30.6 Å². The Labute approximate surface area is 184 Å². The summed E-state index contributed by atoms with van der Waals surface area (Å²) in [6, 6.07) is 17.3. The molecular formula is C24H20ClN3O3. The fraction of sp³-hybridized carbons (Fsp3) is 0.125. The number of carbonyl (C=O) groups is 1. The Morgan fingerprint density at radius 1 is 0.968 bits per heavy atom. The number of halogens is 1. The molecule has 31 heavy (non-hydrogen) atoms. The molecule has 3 aromatic carbocycles. The Morgan fingerprint density at radius 2 is 1.74 bits per heavy atom. The zero-order chi connectivity index (χ0) is 21.6. The third kappa shape index (κ3) is 5.49. The van der Waals surface area contributed by atoms with E-state index >= 15 is 0 Å². The average Bonchev–Trinajstić information content (AvgIpc) is 2.76. The first-order chi connectivity index (χ1) is 15.1. The van der Waals surface area contributed by atoms with Gasteiger partial charge < -0.3 is 14.8 Å². The third-order valence-electron chi connectivity index (χ3n) is 4.56. The normalized spacial score (nSPS) is 10.6. The second-order valence-electron chi connectivity index (χ2n) is 6.92. The lowest BCUT2D eigenvalue weighted by molar-refractivity contribution is -0.118. The maximum absolute atomic E-state index is 11.0. The van der Waals surface area contributed by atoms with Crippen molar-refractivity contribution in [2.24, 2.45) is 0 Å². The molecule has 0 aliphatic rings. The summed E-state index contributed by atoms with van der Waals surface area (Å²) in [5, 5.41) is 5.40. The number of hydrogen-bond donors (Lipinski definition) is 1. The summed E-state index contributed by atoms with van der Waals surface area (Å²) in [6.07, 6.45) is 5.44. The molecule has 156 valence electrons. The highest BCUT2D eigenvalue weighted by Gasteiger charge is 2.08. The number of aromatic nitrogens is 2. The molecule has 0 atom stereocenters. The molecular weight excluding hydrogens is 414 g/mol. The smallest absolute Gasteiger partial charge is 0.237 e. The number of rotatable bonds is 7. The van der Waals surface area contributed by atoms with E-state index < -0.39 is 0 Å². The van der Waals surface area contributed by atoms with Crippen LogP contribution < -0.4 is 14.8 Å². The maximum Gasteiger partial charge on any atom is 0.237 e. The number of nitrogens with zero attached hydrogens (tertiary/aromatic N) is 2. The third-order valence-corrected chi connectivity index (χ3v) is 4.85. The van der Waals surface area contributed by atoms with Gasteiger partial charge in [-0.3, -0.25) is 9.78 Å². The van der Waals surface area contributed by atoms with Gasteiger partial charge in [0.25, 0.3) is 0 Å². The van der Waals surface area contributed by atoms with Crippen LogP contribution in [0.15, 0.2) is 73.2 Å². The van der Waals surface area contributed by atoms with Crippen LogP contribution in [0.2, 0.25) is 5.02 Å². The summed E-state index contributed by atoms with van der Waals surface area (Å²) in [5.74, 6) is 2.12. The summed E-state index contributed by atoms with van der Waals surface area (Å²) in [5.41, 5.74) is 1.16. The Balaban J connectivity index is 1.46. The molecule has 0 fully saturated rings.